The Morgan fingerprint density at radius 2 is 1.91 bits per heavy atom. The molecule has 0 radical (unpaired) electrons. The second-order valence-electron chi connectivity index (χ2n) is 3.11. The van der Waals surface area contributed by atoms with Crippen LogP contribution in [0.3, 0.4) is 0 Å². The molecule has 11 heavy (non-hydrogen) atoms. The Morgan fingerprint density at radius 1 is 1.18 bits per heavy atom. The Labute approximate surface area is 81.1 Å². The van der Waals surface area contributed by atoms with E-state index in [4.69, 9.17) is 0 Å². The monoisotopic (exact) mass is 258 g/mol. The van der Waals surface area contributed by atoms with Gasteiger partial charge in [-0.15, -0.1) is 0 Å². The van der Waals surface area contributed by atoms with Crippen LogP contribution < -0.4 is 0 Å². The van der Waals surface area contributed by atoms with Crippen LogP contribution in [0.25, 0.3) is 0 Å². The zero-order chi connectivity index (χ0) is 7.68. The lowest BCUT2D eigenvalue weighted by molar-refractivity contribution is 0.723. The molecule has 0 aromatic heterocycles. The van der Waals surface area contributed by atoms with E-state index in [0.717, 1.165) is 3.92 Å². The highest BCUT2D eigenvalue weighted by Gasteiger charge is 2.14. The van der Waals surface area contributed by atoms with E-state index in [9.17, 15) is 0 Å². The molecular formula is C10H11I. The molecule has 1 unspecified atom stereocenters. The van der Waals surface area contributed by atoms with E-state index >= 15 is 0 Å². The summed E-state index contributed by atoms with van der Waals surface area (Å²) in [4.78, 5) is 0. The Balaban J connectivity index is 2.34. The van der Waals surface area contributed by atoms with E-state index in [2.05, 4.69) is 46.9 Å². The fraction of sp³-hybridized carbons (Fsp3) is 0.400. The Hall–Kier alpha value is -0.0500. The first-order chi connectivity index (χ1) is 5.36. The van der Waals surface area contributed by atoms with Gasteiger partial charge < -0.3 is 0 Å². The van der Waals surface area contributed by atoms with Crippen molar-refractivity contribution in [1.82, 2.24) is 0 Å². The van der Waals surface area contributed by atoms with Gasteiger partial charge in [-0.2, -0.15) is 0 Å². The van der Waals surface area contributed by atoms with Gasteiger partial charge in [-0.1, -0.05) is 46.9 Å². The zero-order valence-electron chi connectivity index (χ0n) is 6.39. The maximum Gasteiger partial charge on any atom is 0.0153 e. The van der Waals surface area contributed by atoms with Crippen molar-refractivity contribution in [1.29, 1.82) is 0 Å². The topological polar surface area (TPSA) is 0 Å². The molecule has 1 aliphatic carbocycles. The van der Waals surface area contributed by atoms with E-state index in [0.29, 0.717) is 0 Å². The average molecular weight is 258 g/mol. The summed E-state index contributed by atoms with van der Waals surface area (Å²) in [5, 5.41) is 0. The Bertz CT molecular complexity index is 255. The summed E-state index contributed by atoms with van der Waals surface area (Å²) in [6.45, 7) is 0. The minimum absolute atomic E-state index is 0.863. The molecule has 0 heterocycles. The normalized spacial score (nSPS) is 22.8. The van der Waals surface area contributed by atoms with E-state index in [-0.39, 0.29) is 0 Å². The van der Waals surface area contributed by atoms with Gasteiger partial charge >= 0.3 is 0 Å². The zero-order valence-corrected chi connectivity index (χ0v) is 8.54. The van der Waals surface area contributed by atoms with Gasteiger partial charge in [0.25, 0.3) is 0 Å². The van der Waals surface area contributed by atoms with Crippen molar-refractivity contribution in [3.63, 3.8) is 0 Å². The number of benzene rings is 1. The SMILES string of the molecule is IC1CCc2ccccc2C1. The molecule has 1 heteroatoms. The van der Waals surface area contributed by atoms with Crippen molar-refractivity contribution in [2.45, 2.75) is 23.2 Å². The van der Waals surface area contributed by atoms with Crippen LogP contribution in [0.5, 0.6) is 0 Å². The van der Waals surface area contributed by atoms with Crippen LogP contribution in [0, 0.1) is 0 Å². The lowest BCUT2D eigenvalue weighted by Crippen LogP contribution is -2.12. The molecule has 58 valence electrons. The quantitative estimate of drug-likeness (QED) is 0.495. The molecule has 1 aromatic carbocycles. The molecule has 0 saturated carbocycles. The number of rotatable bonds is 0. The van der Waals surface area contributed by atoms with Gasteiger partial charge in [-0.25, -0.2) is 0 Å². The third-order valence-electron chi connectivity index (χ3n) is 2.29. The van der Waals surface area contributed by atoms with Gasteiger partial charge in [-0.3, -0.25) is 0 Å². The number of fused-ring (bicyclic) bond motifs is 1. The second kappa shape index (κ2) is 3.13. The second-order valence-corrected chi connectivity index (χ2v) is 4.87. The van der Waals surface area contributed by atoms with E-state index in [1.807, 2.05) is 0 Å². The van der Waals surface area contributed by atoms with Crippen molar-refractivity contribution in [3.8, 4) is 0 Å². The van der Waals surface area contributed by atoms with Gasteiger partial charge in [0.1, 0.15) is 0 Å². The van der Waals surface area contributed by atoms with Gasteiger partial charge in [0.05, 0.1) is 0 Å². The van der Waals surface area contributed by atoms with Crippen LogP contribution in [0.4, 0.5) is 0 Å². The lowest BCUT2D eigenvalue weighted by Gasteiger charge is -2.19. The van der Waals surface area contributed by atoms with E-state index < -0.39 is 0 Å². The Kier molecular flexibility index (Phi) is 2.16. The first kappa shape index (κ1) is 7.59. The van der Waals surface area contributed by atoms with Crippen LogP contribution in [0.15, 0.2) is 24.3 Å². The standard InChI is InChI=1S/C10H11I/c11-10-6-5-8-3-1-2-4-9(8)7-10/h1-4,10H,5-7H2. The van der Waals surface area contributed by atoms with Gasteiger partial charge in [0, 0.05) is 3.92 Å². The van der Waals surface area contributed by atoms with Crippen molar-refractivity contribution in [2.24, 2.45) is 0 Å². The fourth-order valence-corrected chi connectivity index (χ4v) is 2.44. The highest BCUT2D eigenvalue weighted by atomic mass is 127. The third kappa shape index (κ3) is 1.58. The average Bonchev–Trinajstić information content (AvgIpc) is 2.04. The van der Waals surface area contributed by atoms with Crippen LogP contribution in [-0.4, -0.2) is 3.92 Å². The molecule has 1 atom stereocenters. The molecule has 1 aromatic rings. The number of aryl methyl sites for hydroxylation is 1. The van der Waals surface area contributed by atoms with Crippen LogP contribution in [0.1, 0.15) is 17.5 Å². The molecule has 0 saturated heterocycles. The van der Waals surface area contributed by atoms with Crippen LogP contribution in [-0.2, 0) is 12.8 Å². The van der Waals surface area contributed by atoms with Crippen molar-refractivity contribution in [2.75, 3.05) is 0 Å². The molecule has 2 rings (SSSR count). The maximum atomic E-state index is 2.55. The molecule has 1 aliphatic rings. The van der Waals surface area contributed by atoms with Gasteiger partial charge in [-0.05, 0) is 30.4 Å². The highest BCUT2D eigenvalue weighted by Crippen LogP contribution is 2.25. The van der Waals surface area contributed by atoms with E-state index in [1.54, 1.807) is 11.1 Å². The highest BCUT2D eigenvalue weighted by molar-refractivity contribution is 14.1. The lowest BCUT2D eigenvalue weighted by atomic mass is 9.92. The number of hydrogen-bond acceptors (Lipinski definition) is 0. The molecule has 0 fully saturated rings. The minimum Gasteiger partial charge on any atom is -0.0822 e. The van der Waals surface area contributed by atoms with Gasteiger partial charge in [0.15, 0.2) is 0 Å². The summed E-state index contributed by atoms with van der Waals surface area (Å²) in [7, 11) is 0. The molecule has 0 nitrogen and oxygen atoms in total. The summed E-state index contributed by atoms with van der Waals surface area (Å²) in [5.41, 5.74) is 3.14. The summed E-state index contributed by atoms with van der Waals surface area (Å²) in [6, 6.07) is 8.82. The molecular weight excluding hydrogens is 247 g/mol. The van der Waals surface area contributed by atoms with Crippen molar-refractivity contribution < 1.29 is 0 Å². The largest absolute Gasteiger partial charge is 0.0822 e. The smallest absolute Gasteiger partial charge is 0.0153 e. The number of alkyl halides is 1. The fourth-order valence-electron chi connectivity index (χ4n) is 1.65. The summed E-state index contributed by atoms with van der Waals surface area (Å²) in [5.74, 6) is 0. The number of hydrogen-bond donors (Lipinski definition) is 0. The summed E-state index contributed by atoms with van der Waals surface area (Å²) < 4.78 is 0.863. The van der Waals surface area contributed by atoms with Crippen molar-refractivity contribution in [3.05, 3.63) is 35.4 Å². The van der Waals surface area contributed by atoms with Crippen molar-refractivity contribution >= 4 is 22.6 Å². The predicted molar refractivity (Wildman–Crippen MR) is 56.3 cm³/mol. The summed E-state index contributed by atoms with van der Waals surface area (Å²) >= 11 is 2.55. The van der Waals surface area contributed by atoms with Gasteiger partial charge in [0.2, 0.25) is 0 Å². The predicted octanol–water partition coefficient (Wildman–Crippen LogP) is 2.98. The molecule has 0 amide bonds. The third-order valence-corrected chi connectivity index (χ3v) is 3.35. The number of halogens is 1. The first-order valence-electron chi connectivity index (χ1n) is 4.07. The first-order valence-corrected chi connectivity index (χ1v) is 5.31. The molecule has 0 N–H and O–H groups in total. The van der Waals surface area contributed by atoms with Crippen LogP contribution >= 0.6 is 22.6 Å². The van der Waals surface area contributed by atoms with Crippen LogP contribution in [0.2, 0.25) is 0 Å². The maximum absolute atomic E-state index is 2.55. The molecule has 0 bridgehead atoms. The summed E-state index contributed by atoms with van der Waals surface area (Å²) in [6.07, 6.45) is 3.91. The molecule has 0 aliphatic heterocycles. The van der Waals surface area contributed by atoms with E-state index in [1.165, 1.54) is 19.3 Å². The molecule has 0 spiro atoms. The Morgan fingerprint density at radius 3 is 2.73 bits per heavy atom. The minimum atomic E-state index is 0.863.